The van der Waals surface area contributed by atoms with Gasteiger partial charge in [0.1, 0.15) is 5.78 Å². The Labute approximate surface area is 126 Å². The van der Waals surface area contributed by atoms with Crippen LogP contribution in [0, 0.1) is 0 Å². The minimum atomic E-state index is -0.251. The van der Waals surface area contributed by atoms with Crippen LogP contribution in [-0.4, -0.2) is 70.0 Å². The van der Waals surface area contributed by atoms with Crippen molar-refractivity contribution in [2.75, 3.05) is 37.4 Å². The van der Waals surface area contributed by atoms with Gasteiger partial charge in [0.05, 0.1) is 17.3 Å². The summed E-state index contributed by atoms with van der Waals surface area (Å²) in [6, 6.07) is 0. The summed E-state index contributed by atoms with van der Waals surface area (Å²) in [5, 5.41) is -0.251. The molecule has 6 nitrogen and oxygen atoms in total. The number of carbonyl (C=O) groups is 4. The average Bonchev–Trinajstić information content (AvgIpc) is 2.75. The molecule has 0 atom stereocenters. The van der Waals surface area contributed by atoms with Crippen molar-refractivity contribution in [1.29, 1.82) is 0 Å². The normalized spacial score (nSPS) is 14.8. The molecule has 1 aliphatic rings. The van der Waals surface area contributed by atoms with Crippen LogP contribution < -0.4 is 0 Å². The van der Waals surface area contributed by atoms with Crippen LogP contribution in [0.4, 0.5) is 4.79 Å². The van der Waals surface area contributed by atoms with Crippen molar-refractivity contribution in [2.24, 2.45) is 0 Å². The van der Waals surface area contributed by atoms with E-state index in [0.717, 1.165) is 11.8 Å². The molecule has 0 aromatic heterocycles. The number of ketones is 1. The highest BCUT2D eigenvalue weighted by atomic mass is 32.2. The molecule has 1 heterocycles. The predicted octanol–water partition coefficient (Wildman–Crippen LogP) is 0.853. The summed E-state index contributed by atoms with van der Waals surface area (Å²) in [5.74, 6) is 0.574. The zero-order valence-electron chi connectivity index (χ0n) is 11.6. The lowest BCUT2D eigenvalue weighted by Gasteiger charge is -2.20. The van der Waals surface area contributed by atoms with Crippen molar-refractivity contribution in [2.45, 2.75) is 13.3 Å². The quantitative estimate of drug-likeness (QED) is 0.660. The highest BCUT2D eigenvalue weighted by Crippen LogP contribution is 2.18. The lowest BCUT2D eigenvalue weighted by molar-refractivity contribution is -0.129. The minimum absolute atomic E-state index is 0.106. The zero-order valence-corrected chi connectivity index (χ0v) is 13.2. The van der Waals surface area contributed by atoms with Gasteiger partial charge in [-0.1, -0.05) is 18.7 Å². The summed E-state index contributed by atoms with van der Waals surface area (Å²) in [5.41, 5.74) is 0. The number of rotatable bonds is 8. The predicted molar refractivity (Wildman–Crippen MR) is 79.8 cm³/mol. The third-order valence-electron chi connectivity index (χ3n) is 2.81. The van der Waals surface area contributed by atoms with Crippen molar-refractivity contribution >= 4 is 46.4 Å². The molecule has 0 radical (unpaired) electrons. The number of hydrogen-bond donors (Lipinski definition) is 0. The second-order valence-corrected chi connectivity index (χ2v) is 6.21. The molecular weight excluding hydrogens is 300 g/mol. The number of thioether (sulfide) groups is 2. The van der Waals surface area contributed by atoms with Crippen LogP contribution in [0.3, 0.4) is 0 Å². The second kappa shape index (κ2) is 8.31. The van der Waals surface area contributed by atoms with Gasteiger partial charge in [0.25, 0.3) is 5.24 Å². The summed E-state index contributed by atoms with van der Waals surface area (Å²) < 4.78 is 0. The van der Waals surface area contributed by atoms with E-state index in [2.05, 4.69) is 0 Å². The van der Waals surface area contributed by atoms with E-state index in [1.54, 1.807) is 14.0 Å². The fourth-order valence-corrected chi connectivity index (χ4v) is 3.12. The Morgan fingerprint density at radius 1 is 1.35 bits per heavy atom. The molecule has 1 saturated heterocycles. The van der Waals surface area contributed by atoms with Crippen LogP contribution in [0.1, 0.15) is 13.3 Å². The standard InChI is InChI=1S/C12H18N2O4S2/c1-3-9(15)6-19-7-10(16)13(2)4-5-14-11(17)8-20-12(14)18/h3-8H2,1-2H3. The first-order chi connectivity index (χ1) is 9.45. The molecule has 0 bridgehead atoms. The molecule has 0 aromatic rings. The molecule has 1 aliphatic heterocycles. The van der Waals surface area contributed by atoms with Crippen LogP contribution in [0.25, 0.3) is 0 Å². The number of Topliss-reactive ketones (excluding diaryl/α,β-unsaturated/α-hetero) is 1. The van der Waals surface area contributed by atoms with Crippen molar-refractivity contribution in [1.82, 2.24) is 9.80 Å². The van der Waals surface area contributed by atoms with Crippen LogP contribution in [0.5, 0.6) is 0 Å². The van der Waals surface area contributed by atoms with Gasteiger partial charge in [-0.25, -0.2) is 0 Å². The summed E-state index contributed by atoms with van der Waals surface area (Å²) in [6.45, 7) is 2.34. The van der Waals surface area contributed by atoms with Crippen LogP contribution in [0.2, 0.25) is 0 Å². The molecule has 0 aromatic carbocycles. The first-order valence-electron chi connectivity index (χ1n) is 6.26. The van der Waals surface area contributed by atoms with Gasteiger partial charge in [0.2, 0.25) is 11.8 Å². The molecule has 0 saturated carbocycles. The van der Waals surface area contributed by atoms with Crippen molar-refractivity contribution in [3.05, 3.63) is 0 Å². The van der Waals surface area contributed by atoms with Gasteiger partial charge in [0, 0.05) is 26.6 Å². The lowest BCUT2D eigenvalue weighted by Crippen LogP contribution is -2.39. The van der Waals surface area contributed by atoms with E-state index in [1.807, 2.05) is 0 Å². The van der Waals surface area contributed by atoms with Gasteiger partial charge >= 0.3 is 0 Å². The molecule has 112 valence electrons. The van der Waals surface area contributed by atoms with Crippen molar-refractivity contribution < 1.29 is 19.2 Å². The Bertz CT molecular complexity index is 398. The number of nitrogens with zero attached hydrogens (tertiary/aromatic N) is 2. The van der Waals surface area contributed by atoms with Crippen molar-refractivity contribution in [3.8, 4) is 0 Å². The van der Waals surface area contributed by atoms with Gasteiger partial charge in [-0.3, -0.25) is 24.1 Å². The molecule has 0 N–H and O–H groups in total. The molecule has 1 fully saturated rings. The number of hydrogen-bond acceptors (Lipinski definition) is 6. The van der Waals surface area contributed by atoms with Gasteiger partial charge in [-0.2, -0.15) is 0 Å². The Balaban J connectivity index is 2.26. The van der Waals surface area contributed by atoms with Crippen LogP contribution in [-0.2, 0) is 14.4 Å². The SMILES string of the molecule is CCC(=O)CSCC(=O)N(C)CCN1C(=O)CSC1=O. The Kier molecular flexibility index (Phi) is 7.08. The molecule has 20 heavy (non-hydrogen) atoms. The van der Waals surface area contributed by atoms with Gasteiger partial charge in [0.15, 0.2) is 0 Å². The maximum Gasteiger partial charge on any atom is 0.288 e. The smallest absolute Gasteiger partial charge is 0.288 e. The van der Waals surface area contributed by atoms with E-state index >= 15 is 0 Å². The summed E-state index contributed by atoms with van der Waals surface area (Å²) in [4.78, 5) is 48.3. The minimum Gasteiger partial charge on any atom is -0.343 e. The summed E-state index contributed by atoms with van der Waals surface area (Å²) in [6.07, 6.45) is 0.480. The molecule has 0 unspecified atom stereocenters. The van der Waals surface area contributed by atoms with E-state index in [0.29, 0.717) is 18.7 Å². The Morgan fingerprint density at radius 3 is 2.60 bits per heavy atom. The van der Waals surface area contributed by atoms with Crippen LogP contribution >= 0.6 is 23.5 Å². The Hall–Kier alpha value is -1.02. The average molecular weight is 318 g/mol. The third-order valence-corrected chi connectivity index (χ3v) is 4.64. The van der Waals surface area contributed by atoms with Gasteiger partial charge in [-0.15, -0.1) is 11.8 Å². The largest absolute Gasteiger partial charge is 0.343 e. The molecule has 8 heteroatoms. The number of likely N-dealkylation sites (N-methyl/N-ethyl adjacent to an activating group) is 1. The first kappa shape index (κ1) is 17.0. The van der Waals surface area contributed by atoms with Gasteiger partial charge < -0.3 is 4.90 Å². The number of imide groups is 1. The summed E-state index contributed by atoms with van der Waals surface area (Å²) in [7, 11) is 1.63. The van der Waals surface area contributed by atoms with E-state index < -0.39 is 0 Å². The van der Waals surface area contributed by atoms with Crippen LogP contribution in [0.15, 0.2) is 0 Å². The van der Waals surface area contributed by atoms with E-state index in [1.165, 1.54) is 21.6 Å². The molecule has 3 amide bonds. The van der Waals surface area contributed by atoms with Crippen molar-refractivity contribution in [3.63, 3.8) is 0 Å². The zero-order chi connectivity index (χ0) is 15.1. The number of carbonyl (C=O) groups excluding carboxylic acids is 4. The molecule has 0 aliphatic carbocycles. The molecule has 1 rings (SSSR count). The molecular formula is C12H18N2O4S2. The summed E-state index contributed by atoms with van der Waals surface area (Å²) >= 11 is 2.27. The highest BCUT2D eigenvalue weighted by molar-refractivity contribution is 8.14. The topological polar surface area (TPSA) is 74.8 Å². The Morgan fingerprint density at radius 2 is 2.05 bits per heavy atom. The van der Waals surface area contributed by atoms with E-state index in [4.69, 9.17) is 0 Å². The fourth-order valence-electron chi connectivity index (χ4n) is 1.44. The van der Waals surface area contributed by atoms with Gasteiger partial charge in [-0.05, 0) is 0 Å². The first-order valence-corrected chi connectivity index (χ1v) is 8.40. The third kappa shape index (κ3) is 5.16. The lowest BCUT2D eigenvalue weighted by atomic mass is 10.4. The fraction of sp³-hybridized carbons (Fsp3) is 0.667. The maximum atomic E-state index is 11.8. The molecule has 0 spiro atoms. The monoisotopic (exact) mass is 318 g/mol. The second-order valence-electron chi connectivity index (χ2n) is 4.30. The highest BCUT2D eigenvalue weighted by Gasteiger charge is 2.29. The number of amides is 3. The maximum absolute atomic E-state index is 11.8. The van der Waals surface area contributed by atoms with E-state index in [9.17, 15) is 19.2 Å². The van der Waals surface area contributed by atoms with E-state index in [-0.39, 0.29) is 40.9 Å².